The first-order valence-electron chi connectivity index (χ1n) is 6.10. The Labute approximate surface area is 90.1 Å². The second-order valence-corrected chi connectivity index (χ2v) is 4.19. The van der Waals surface area contributed by atoms with Crippen LogP contribution in [0.25, 0.3) is 0 Å². The van der Waals surface area contributed by atoms with Crippen molar-refractivity contribution in [3.05, 3.63) is 0 Å². The number of nitrogens with zero attached hydrogens (tertiary/aromatic N) is 1. The van der Waals surface area contributed by atoms with Crippen LogP contribution in [0.15, 0.2) is 0 Å². The maximum absolute atomic E-state index is 3.62. The molecule has 0 fully saturated rings. The molecule has 2 unspecified atom stereocenters. The Balaban J connectivity index is 3.94. The molecule has 2 atom stereocenters. The van der Waals surface area contributed by atoms with Crippen LogP contribution in [0.2, 0.25) is 0 Å². The fraction of sp³-hybridized carbons (Fsp3) is 1.00. The highest BCUT2D eigenvalue weighted by Gasteiger charge is 2.17. The maximum atomic E-state index is 3.62. The van der Waals surface area contributed by atoms with Gasteiger partial charge >= 0.3 is 0 Å². The van der Waals surface area contributed by atoms with Crippen LogP contribution >= 0.6 is 0 Å². The van der Waals surface area contributed by atoms with Crippen LogP contribution in [-0.2, 0) is 0 Å². The summed E-state index contributed by atoms with van der Waals surface area (Å²) >= 11 is 0. The van der Waals surface area contributed by atoms with Crippen LogP contribution in [-0.4, -0.2) is 37.1 Å². The van der Waals surface area contributed by atoms with E-state index >= 15 is 0 Å². The third kappa shape index (κ3) is 4.97. The summed E-state index contributed by atoms with van der Waals surface area (Å²) in [6.07, 6.45) is 3.68. The molecule has 0 saturated carbocycles. The van der Waals surface area contributed by atoms with Crippen LogP contribution in [0, 0.1) is 0 Å². The van der Waals surface area contributed by atoms with Crippen molar-refractivity contribution in [2.45, 2.75) is 59.0 Å². The van der Waals surface area contributed by atoms with Crippen LogP contribution in [0.5, 0.6) is 0 Å². The second kappa shape index (κ2) is 8.25. The summed E-state index contributed by atoms with van der Waals surface area (Å²) in [5.41, 5.74) is 0. The van der Waals surface area contributed by atoms with Gasteiger partial charge in [-0.25, -0.2) is 0 Å². The summed E-state index contributed by atoms with van der Waals surface area (Å²) in [6, 6.07) is 1.29. The summed E-state index contributed by atoms with van der Waals surface area (Å²) in [6.45, 7) is 11.4. The van der Waals surface area contributed by atoms with E-state index < -0.39 is 0 Å². The van der Waals surface area contributed by atoms with E-state index in [0.29, 0.717) is 12.1 Å². The molecule has 1 N–H and O–H groups in total. The molecule has 2 heteroatoms. The summed E-state index contributed by atoms with van der Waals surface area (Å²) in [5, 5.41) is 3.62. The van der Waals surface area contributed by atoms with Crippen molar-refractivity contribution in [2.75, 3.05) is 20.1 Å². The third-order valence-electron chi connectivity index (χ3n) is 2.95. The number of rotatable bonds is 8. The van der Waals surface area contributed by atoms with Gasteiger partial charge in [0.2, 0.25) is 0 Å². The minimum Gasteiger partial charge on any atom is -0.312 e. The molecule has 0 aliphatic rings. The van der Waals surface area contributed by atoms with Gasteiger partial charge in [0.1, 0.15) is 0 Å². The van der Waals surface area contributed by atoms with Crippen LogP contribution < -0.4 is 5.32 Å². The quantitative estimate of drug-likeness (QED) is 0.647. The van der Waals surface area contributed by atoms with Gasteiger partial charge in [-0.3, -0.25) is 0 Å². The highest BCUT2D eigenvalue weighted by atomic mass is 15.2. The Morgan fingerprint density at radius 3 is 2.21 bits per heavy atom. The SMILES string of the molecule is CCCNC(CC)C(C)N(C)CCC. The van der Waals surface area contributed by atoms with Gasteiger partial charge in [-0.2, -0.15) is 0 Å². The van der Waals surface area contributed by atoms with Crippen molar-refractivity contribution in [3.63, 3.8) is 0 Å². The van der Waals surface area contributed by atoms with E-state index in [2.05, 4.69) is 45.0 Å². The average Bonchev–Trinajstić information content (AvgIpc) is 2.19. The Bertz CT molecular complexity index is 125. The lowest BCUT2D eigenvalue weighted by molar-refractivity contribution is 0.203. The predicted octanol–water partition coefficient (Wildman–Crippen LogP) is 2.49. The molecular weight excluding hydrogens is 172 g/mol. The molecule has 0 rings (SSSR count). The van der Waals surface area contributed by atoms with Gasteiger partial charge in [0.25, 0.3) is 0 Å². The van der Waals surface area contributed by atoms with Crippen LogP contribution in [0.4, 0.5) is 0 Å². The molecule has 0 aromatic rings. The van der Waals surface area contributed by atoms with Gasteiger partial charge in [0.05, 0.1) is 0 Å². The van der Waals surface area contributed by atoms with Crippen molar-refractivity contribution >= 4 is 0 Å². The maximum Gasteiger partial charge on any atom is 0.0217 e. The van der Waals surface area contributed by atoms with Gasteiger partial charge in [0, 0.05) is 12.1 Å². The monoisotopic (exact) mass is 200 g/mol. The third-order valence-corrected chi connectivity index (χ3v) is 2.95. The van der Waals surface area contributed by atoms with Crippen molar-refractivity contribution in [1.82, 2.24) is 10.2 Å². The topological polar surface area (TPSA) is 15.3 Å². The van der Waals surface area contributed by atoms with E-state index in [1.54, 1.807) is 0 Å². The van der Waals surface area contributed by atoms with Crippen LogP contribution in [0.1, 0.15) is 47.0 Å². The smallest absolute Gasteiger partial charge is 0.0217 e. The lowest BCUT2D eigenvalue weighted by Crippen LogP contribution is -2.47. The van der Waals surface area contributed by atoms with Gasteiger partial charge in [-0.15, -0.1) is 0 Å². The highest BCUT2D eigenvalue weighted by molar-refractivity contribution is 4.78. The summed E-state index contributed by atoms with van der Waals surface area (Å²) in [4.78, 5) is 2.46. The van der Waals surface area contributed by atoms with E-state index in [1.807, 2.05) is 0 Å². The van der Waals surface area contributed by atoms with Gasteiger partial charge < -0.3 is 10.2 Å². The van der Waals surface area contributed by atoms with E-state index in [4.69, 9.17) is 0 Å². The van der Waals surface area contributed by atoms with Gasteiger partial charge in [-0.1, -0.05) is 20.8 Å². The Kier molecular flexibility index (Phi) is 8.20. The molecule has 14 heavy (non-hydrogen) atoms. The van der Waals surface area contributed by atoms with E-state index in [1.165, 1.54) is 25.8 Å². The predicted molar refractivity (Wildman–Crippen MR) is 64.8 cm³/mol. The Morgan fingerprint density at radius 1 is 1.14 bits per heavy atom. The summed E-state index contributed by atoms with van der Waals surface area (Å²) in [7, 11) is 2.23. The molecule has 0 heterocycles. The molecule has 86 valence electrons. The van der Waals surface area contributed by atoms with Gasteiger partial charge in [0.15, 0.2) is 0 Å². The van der Waals surface area contributed by atoms with Crippen molar-refractivity contribution < 1.29 is 0 Å². The van der Waals surface area contributed by atoms with Crippen LogP contribution in [0.3, 0.4) is 0 Å². The Hall–Kier alpha value is -0.0800. The Morgan fingerprint density at radius 2 is 1.79 bits per heavy atom. The standard InChI is InChI=1S/C12H28N2/c1-6-9-13-12(8-3)11(4)14(5)10-7-2/h11-13H,6-10H2,1-5H3. The second-order valence-electron chi connectivity index (χ2n) is 4.19. The number of likely N-dealkylation sites (N-methyl/N-ethyl adjacent to an activating group) is 1. The van der Waals surface area contributed by atoms with E-state index in [0.717, 1.165) is 6.54 Å². The van der Waals surface area contributed by atoms with Crippen molar-refractivity contribution in [1.29, 1.82) is 0 Å². The summed E-state index contributed by atoms with van der Waals surface area (Å²) < 4.78 is 0. The molecule has 0 saturated heterocycles. The number of hydrogen-bond acceptors (Lipinski definition) is 2. The molecule has 0 spiro atoms. The molecule has 0 aliphatic carbocycles. The minimum atomic E-state index is 0.645. The minimum absolute atomic E-state index is 0.645. The molecule has 0 bridgehead atoms. The fourth-order valence-electron chi connectivity index (χ4n) is 1.85. The number of nitrogens with one attached hydrogen (secondary N) is 1. The lowest BCUT2D eigenvalue weighted by atomic mass is 10.1. The molecule has 0 aromatic heterocycles. The normalized spacial score (nSPS) is 15.9. The first-order valence-corrected chi connectivity index (χ1v) is 6.10. The average molecular weight is 200 g/mol. The van der Waals surface area contributed by atoms with Crippen molar-refractivity contribution in [2.24, 2.45) is 0 Å². The largest absolute Gasteiger partial charge is 0.312 e. The highest BCUT2D eigenvalue weighted by Crippen LogP contribution is 2.06. The molecule has 0 radical (unpaired) electrons. The molecule has 2 nitrogen and oxygen atoms in total. The lowest BCUT2D eigenvalue weighted by Gasteiger charge is -2.32. The summed E-state index contributed by atoms with van der Waals surface area (Å²) in [5.74, 6) is 0. The molecule has 0 aliphatic heterocycles. The fourth-order valence-corrected chi connectivity index (χ4v) is 1.85. The molecular formula is C12H28N2. The molecule has 0 aromatic carbocycles. The molecule has 0 amide bonds. The first kappa shape index (κ1) is 13.9. The number of hydrogen-bond donors (Lipinski definition) is 1. The zero-order chi connectivity index (χ0) is 11.0. The van der Waals surface area contributed by atoms with E-state index in [-0.39, 0.29) is 0 Å². The first-order chi connectivity index (χ1) is 6.67. The van der Waals surface area contributed by atoms with Gasteiger partial charge in [-0.05, 0) is 46.3 Å². The zero-order valence-corrected chi connectivity index (χ0v) is 10.6. The zero-order valence-electron chi connectivity index (χ0n) is 10.6. The van der Waals surface area contributed by atoms with E-state index in [9.17, 15) is 0 Å². The van der Waals surface area contributed by atoms with Crippen molar-refractivity contribution in [3.8, 4) is 0 Å².